The van der Waals surface area contributed by atoms with Gasteiger partial charge in [-0.05, 0) is 53.3 Å². The van der Waals surface area contributed by atoms with Gasteiger partial charge in [0.05, 0.1) is 23.9 Å². The highest BCUT2D eigenvalue weighted by Gasteiger charge is 2.08. The monoisotopic (exact) mass is 419 g/mol. The summed E-state index contributed by atoms with van der Waals surface area (Å²) in [5.74, 6) is 0.834. The first-order valence-electron chi connectivity index (χ1n) is 9.31. The zero-order valence-electron chi connectivity index (χ0n) is 16.1. The SMILES string of the molecule is COc1ccc(/C=N/n2c(-c3cccs3)csc2=NCCc2ccccc2)cc1. The second kappa shape index (κ2) is 9.49. The van der Waals surface area contributed by atoms with Crippen LogP contribution < -0.4 is 9.54 Å². The van der Waals surface area contributed by atoms with Crippen molar-refractivity contribution in [1.29, 1.82) is 0 Å². The fraction of sp³-hybridized carbons (Fsp3) is 0.130. The van der Waals surface area contributed by atoms with Crippen LogP contribution in [-0.4, -0.2) is 24.5 Å². The Labute approximate surface area is 178 Å². The maximum atomic E-state index is 5.23. The molecule has 29 heavy (non-hydrogen) atoms. The van der Waals surface area contributed by atoms with Gasteiger partial charge in [-0.15, -0.1) is 22.7 Å². The molecule has 4 rings (SSSR count). The lowest BCUT2D eigenvalue weighted by molar-refractivity contribution is 0.415. The van der Waals surface area contributed by atoms with Crippen molar-refractivity contribution in [3.05, 3.63) is 93.4 Å². The molecule has 4 aromatic rings. The van der Waals surface area contributed by atoms with Crippen LogP contribution >= 0.6 is 22.7 Å². The molecule has 0 aliphatic rings. The first-order valence-corrected chi connectivity index (χ1v) is 11.1. The molecular weight excluding hydrogens is 398 g/mol. The van der Waals surface area contributed by atoms with Crippen molar-refractivity contribution in [3.8, 4) is 16.3 Å². The van der Waals surface area contributed by atoms with E-state index in [4.69, 9.17) is 14.8 Å². The van der Waals surface area contributed by atoms with Crippen molar-refractivity contribution in [3.63, 3.8) is 0 Å². The van der Waals surface area contributed by atoms with E-state index in [-0.39, 0.29) is 0 Å². The minimum atomic E-state index is 0.729. The van der Waals surface area contributed by atoms with E-state index in [1.807, 2.05) is 41.2 Å². The predicted octanol–water partition coefficient (Wildman–Crippen LogP) is 5.31. The summed E-state index contributed by atoms with van der Waals surface area (Å²) in [6.07, 6.45) is 2.77. The standard InChI is InChI=1S/C23H21N3OS2/c1-27-20-11-9-19(10-12-20)16-25-26-21(22-8-5-15-28-22)17-29-23(26)24-14-13-18-6-3-2-4-7-18/h2-12,15-17H,13-14H2,1H3/b24-23?,25-16+. The number of methoxy groups -OCH3 is 1. The van der Waals surface area contributed by atoms with Crippen molar-refractivity contribution in [2.24, 2.45) is 10.1 Å². The summed E-state index contributed by atoms with van der Waals surface area (Å²) in [7, 11) is 1.67. The average molecular weight is 420 g/mol. The number of hydrogen-bond donors (Lipinski definition) is 0. The molecule has 0 aliphatic carbocycles. The maximum absolute atomic E-state index is 5.23. The third kappa shape index (κ3) is 4.91. The minimum absolute atomic E-state index is 0.729. The maximum Gasteiger partial charge on any atom is 0.206 e. The van der Waals surface area contributed by atoms with Crippen LogP contribution in [0.25, 0.3) is 10.6 Å². The Morgan fingerprint density at radius 2 is 1.79 bits per heavy atom. The van der Waals surface area contributed by atoms with Gasteiger partial charge < -0.3 is 4.74 Å². The molecule has 0 bridgehead atoms. The molecule has 0 N–H and O–H groups in total. The van der Waals surface area contributed by atoms with Gasteiger partial charge in [-0.1, -0.05) is 36.4 Å². The van der Waals surface area contributed by atoms with Crippen molar-refractivity contribution in [2.45, 2.75) is 6.42 Å². The second-order valence-corrected chi connectivity index (χ2v) is 8.11. The van der Waals surface area contributed by atoms with Crippen LogP contribution in [0.1, 0.15) is 11.1 Å². The number of rotatable bonds is 7. The fourth-order valence-corrected chi connectivity index (χ4v) is 4.51. The van der Waals surface area contributed by atoms with E-state index in [2.05, 4.69) is 47.2 Å². The molecule has 0 unspecified atom stereocenters. The first kappa shape index (κ1) is 19.4. The molecule has 0 spiro atoms. The lowest BCUT2D eigenvalue weighted by atomic mass is 10.2. The van der Waals surface area contributed by atoms with E-state index in [0.29, 0.717) is 0 Å². The summed E-state index contributed by atoms with van der Waals surface area (Å²) in [5, 5.41) is 8.95. The Hall–Kier alpha value is -2.96. The van der Waals surface area contributed by atoms with Gasteiger partial charge in [0.1, 0.15) is 5.75 Å². The van der Waals surface area contributed by atoms with Crippen LogP contribution in [0.5, 0.6) is 5.75 Å². The predicted molar refractivity (Wildman–Crippen MR) is 122 cm³/mol. The lowest BCUT2D eigenvalue weighted by Gasteiger charge is -2.02. The third-order valence-corrected chi connectivity index (χ3v) is 6.13. The molecule has 2 aromatic carbocycles. The van der Waals surface area contributed by atoms with Crippen molar-refractivity contribution in [2.75, 3.05) is 13.7 Å². The van der Waals surface area contributed by atoms with E-state index in [9.17, 15) is 0 Å². The van der Waals surface area contributed by atoms with Crippen LogP contribution in [0.4, 0.5) is 0 Å². The molecule has 0 radical (unpaired) electrons. The number of nitrogens with zero attached hydrogens (tertiary/aromatic N) is 3. The number of hydrogen-bond acceptors (Lipinski definition) is 5. The minimum Gasteiger partial charge on any atom is -0.497 e. The highest BCUT2D eigenvalue weighted by atomic mass is 32.1. The number of benzene rings is 2. The average Bonchev–Trinajstić information content (AvgIpc) is 3.43. The molecule has 2 aromatic heterocycles. The summed E-state index contributed by atoms with van der Waals surface area (Å²) >= 11 is 3.32. The topological polar surface area (TPSA) is 38.9 Å². The second-order valence-electron chi connectivity index (χ2n) is 6.33. The first-order chi connectivity index (χ1) is 14.3. The lowest BCUT2D eigenvalue weighted by Crippen LogP contribution is -2.13. The normalized spacial score (nSPS) is 12.0. The molecule has 146 valence electrons. The van der Waals surface area contributed by atoms with Gasteiger partial charge in [-0.25, -0.2) is 4.68 Å². The van der Waals surface area contributed by atoms with Gasteiger partial charge in [0, 0.05) is 11.9 Å². The highest BCUT2D eigenvalue weighted by Crippen LogP contribution is 2.25. The number of thiophene rings is 1. The third-order valence-electron chi connectivity index (χ3n) is 4.39. The van der Waals surface area contributed by atoms with Crippen LogP contribution in [0.15, 0.2) is 87.6 Å². The number of ether oxygens (including phenoxy) is 1. The Morgan fingerprint density at radius 1 is 0.966 bits per heavy atom. The van der Waals surface area contributed by atoms with Crippen LogP contribution in [-0.2, 0) is 6.42 Å². The molecule has 0 saturated carbocycles. The van der Waals surface area contributed by atoms with E-state index < -0.39 is 0 Å². The smallest absolute Gasteiger partial charge is 0.206 e. The molecule has 2 heterocycles. The molecule has 6 heteroatoms. The van der Waals surface area contributed by atoms with Gasteiger partial charge >= 0.3 is 0 Å². The Bertz CT molecular complexity index is 1130. The Kier molecular flexibility index (Phi) is 6.34. The van der Waals surface area contributed by atoms with Gasteiger partial charge in [-0.2, -0.15) is 5.10 Å². The zero-order valence-corrected chi connectivity index (χ0v) is 17.7. The van der Waals surface area contributed by atoms with E-state index in [1.165, 1.54) is 10.4 Å². The fourth-order valence-electron chi connectivity index (χ4n) is 2.85. The molecular formula is C23H21N3OS2. The van der Waals surface area contributed by atoms with Gasteiger partial charge in [0.2, 0.25) is 4.80 Å². The van der Waals surface area contributed by atoms with Gasteiger partial charge in [0.25, 0.3) is 0 Å². The Balaban J connectivity index is 1.63. The van der Waals surface area contributed by atoms with E-state index in [1.54, 1.807) is 29.8 Å². The van der Waals surface area contributed by atoms with Gasteiger partial charge in [-0.3, -0.25) is 4.99 Å². The van der Waals surface area contributed by atoms with Crippen LogP contribution in [0.2, 0.25) is 0 Å². The molecule has 0 saturated heterocycles. The summed E-state index contributed by atoms with van der Waals surface area (Å²) in [5.41, 5.74) is 3.37. The van der Waals surface area contributed by atoms with E-state index >= 15 is 0 Å². The van der Waals surface area contributed by atoms with Gasteiger partial charge in [0.15, 0.2) is 0 Å². The summed E-state index contributed by atoms with van der Waals surface area (Å²) < 4.78 is 7.16. The quantitative estimate of drug-likeness (QED) is 0.374. The van der Waals surface area contributed by atoms with Crippen molar-refractivity contribution in [1.82, 2.24) is 4.68 Å². The molecule has 0 amide bonds. The van der Waals surface area contributed by atoms with Crippen molar-refractivity contribution < 1.29 is 4.74 Å². The summed E-state index contributed by atoms with van der Waals surface area (Å²) in [6.45, 7) is 0.729. The summed E-state index contributed by atoms with van der Waals surface area (Å²) in [4.78, 5) is 6.90. The number of thiazole rings is 1. The molecule has 0 fully saturated rings. The summed E-state index contributed by atoms with van der Waals surface area (Å²) in [6, 6.07) is 22.5. The van der Waals surface area contributed by atoms with Crippen LogP contribution in [0, 0.1) is 0 Å². The zero-order chi connectivity index (χ0) is 19.9. The molecule has 4 nitrogen and oxygen atoms in total. The number of aromatic nitrogens is 1. The van der Waals surface area contributed by atoms with Crippen LogP contribution in [0.3, 0.4) is 0 Å². The molecule has 0 aliphatic heterocycles. The van der Waals surface area contributed by atoms with Crippen molar-refractivity contribution >= 4 is 28.9 Å². The van der Waals surface area contributed by atoms with E-state index in [0.717, 1.165) is 34.8 Å². The highest BCUT2D eigenvalue weighted by molar-refractivity contribution is 7.14. The molecule has 0 atom stereocenters. The Morgan fingerprint density at radius 3 is 2.52 bits per heavy atom. The largest absolute Gasteiger partial charge is 0.497 e.